The van der Waals surface area contributed by atoms with Gasteiger partial charge in [-0.3, -0.25) is 4.79 Å². The van der Waals surface area contributed by atoms with Crippen LogP contribution in [0.25, 0.3) is 0 Å². The van der Waals surface area contributed by atoms with Gasteiger partial charge in [0.25, 0.3) is 0 Å². The Morgan fingerprint density at radius 1 is 1.44 bits per heavy atom. The average Bonchev–Trinajstić information content (AvgIpc) is 2.25. The predicted octanol–water partition coefficient (Wildman–Crippen LogP) is 2.89. The van der Waals surface area contributed by atoms with Crippen molar-refractivity contribution in [3.63, 3.8) is 0 Å². The van der Waals surface area contributed by atoms with E-state index in [9.17, 15) is 4.79 Å². The smallest absolute Gasteiger partial charge is 0.227 e. The van der Waals surface area contributed by atoms with Gasteiger partial charge in [-0.1, -0.05) is 20.3 Å². The van der Waals surface area contributed by atoms with Gasteiger partial charge in [-0.25, -0.2) is 4.98 Å². The van der Waals surface area contributed by atoms with Gasteiger partial charge in [0.05, 0.1) is 11.9 Å². The molecular formula is C14H21N3O. The van der Waals surface area contributed by atoms with Gasteiger partial charge < -0.3 is 10.6 Å². The second-order valence-corrected chi connectivity index (χ2v) is 5.32. The van der Waals surface area contributed by atoms with E-state index in [0.717, 1.165) is 30.9 Å². The maximum Gasteiger partial charge on any atom is 0.227 e. The van der Waals surface area contributed by atoms with E-state index >= 15 is 0 Å². The molecule has 2 N–H and O–H groups in total. The Kier molecular flexibility index (Phi) is 4.18. The van der Waals surface area contributed by atoms with Gasteiger partial charge in [0, 0.05) is 12.5 Å². The van der Waals surface area contributed by atoms with Crippen molar-refractivity contribution in [2.24, 2.45) is 11.8 Å². The predicted molar refractivity (Wildman–Crippen MR) is 73.5 cm³/mol. The van der Waals surface area contributed by atoms with Crippen LogP contribution < -0.4 is 10.6 Å². The quantitative estimate of drug-likeness (QED) is 0.841. The maximum atomic E-state index is 11.7. The van der Waals surface area contributed by atoms with Crippen LogP contribution in [0, 0.1) is 11.8 Å². The zero-order valence-corrected chi connectivity index (χ0v) is 11.1. The molecule has 1 amide bonds. The van der Waals surface area contributed by atoms with Crippen LogP contribution >= 0.6 is 0 Å². The molecule has 1 aromatic heterocycles. The molecule has 0 aromatic carbocycles. The van der Waals surface area contributed by atoms with Crippen molar-refractivity contribution >= 4 is 17.4 Å². The summed E-state index contributed by atoms with van der Waals surface area (Å²) < 4.78 is 0. The van der Waals surface area contributed by atoms with Crippen molar-refractivity contribution in [1.82, 2.24) is 4.98 Å². The van der Waals surface area contributed by atoms with Crippen LogP contribution in [0.2, 0.25) is 0 Å². The molecule has 18 heavy (non-hydrogen) atoms. The lowest BCUT2D eigenvalue weighted by atomic mass is 9.85. The van der Waals surface area contributed by atoms with Crippen LogP contribution in [-0.2, 0) is 4.79 Å². The van der Waals surface area contributed by atoms with E-state index < -0.39 is 0 Å². The first-order valence-electron chi connectivity index (χ1n) is 6.66. The normalized spacial score (nSPS) is 15.3. The molecule has 0 bridgehead atoms. The summed E-state index contributed by atoms with van der Waals surface area (Å²) in [7, 11) is 0. The largest absolute Gasteiger partial charge is 0.370 e. The molecule has 4 heteroatoms. The fourth-order valence-electron chi connectivity index (χ4n) is 1.80. The number of carbonyl (C=O) groups excluding carboxylic acids is 1. The molecule has 4 nitrogen and oxygen atoms in total. The number of carbonyl (C=O) groups is 1. The lowest BCUT2D eigenvalue weighted by Crippen LogP contribution is -2.28. The van der Waals surface area contributed by atoms with Gasteiger partial charge >= 0.3 is 0 Å². The number of rotatable bonds is 5. The van der Waals surface area contributed by atoms with E-state index in [1.165, 1.54) is 6.42 Å². The monoisotopic (exact) mass is 247 g/mol. The average molecular weight is 247 g/mol. The Bertz CT molecular complexity index is 396. The molecule has 0 aliphatic heterocycles. The van der Waals surface area contributed by atoms with Gasteiger partial charge in [0.2, 0.25) is 5.91 Å². The number of nitrogens with one attached hydrogen (secondary N) is 2. The van der Waals surface area contributed by atoms with E-state index in [4.69, 9.17) is 0 Å². The molecule has 0 unspecified atom stereocenters. The molecule has 2 rings (SSSR count). The Morgan fingerprint density at radius 3 is 2.72 bits per heavy atom. The Morgan fingerprint density at radius 2 is 2.22 bits per heavy atom. The van der Waals surface area contributed by atoms with Crippen molar-refractivity contribution in [3.8, 4) is 0 Å². The van der Waals surface area contributed by atoms with Crippen LogP contribution in [0.15, 0.2) is 18.3 Å². The molecule has 0 spiro atoms. The summed E-state index contributed by atoms with van der Waals surface area (Å²) in [6, 6.07) is 3.80. The molecule has 1 aromatic rings. The van der Waals surface area contributed by atoms with E-state index in [1.54, 1.807) is 6.20 Å². The zero-order valence-electron chi connectivity index (χ0n) is 11.1. The minimum Gasteiger partial charge on any atom is -0.370 e. The van der Waals surface area contributed by atoms with Crippen LogP contribution in [0.1, 0.15) is 33.1 Å². The second kappa shape index (κ2) is 5.85. The zero-order chi connectivity index (χ0) is 13.0. The molecule has 1 aliphatic carbocycles. The SMILES string of the molecule is CC(C)CNc1ccc(NC(=O)C2CCC2)cn1. The number of aromatic nitrogens is 1. The third-order valence-corrected chi connectivity index (χ3v) is 3.20. The highest BCUT2D eigenvalue weighted by atomic mass is 16.1. The lowest BCUT2D eigenvalue weighted by molar-refractivity contribution is -0.122. The Balaban J connectivity index is 1.84. The van der Waals surface area contributed by atoms with E-state index in [2.05, 4.69) is 29.5 Å². The van der Waals surface area contributed by atoms with Crippen molar-refractivity contribution in [2.75, 3.05) is 17.2 Å². The third kappa shape index (κ3) is 3.45. The second-order valence-electron chi connectivity index (χ2n) is 5.32. The number of anilines is 2. The van der Waals surface area contributed by atoms with Gasteiger partial charge in [0.15, 0.2) is 0 Å². The summed E-state index contributed by atoms with van der Waals surface area (Å²) in [4.78, 5) is 16.0. The summed E-state index contributed by atoms with van der Waals surface area (Å²) in [6.07, 6.45) is 4.92. The Hall–Kier alpha value is -1.58. The number of amides is 1. The van der Waals surface area contributed by atoms with Crippen LogP contribution in [0.4, 0.5) is 11.5 Å². The van der Waals surface area contributed by atoms with Gasteiger partial charge in [0.1, 0.15) is 5.82 Å². The summed E-state index contributed by atoms with van der Waals surface area (Å²) in [5.41, 5.74) is 0.780. The van der Waals surface area contributed by atoms with Crippen molar-refractivity contribution in [3.05, 3.63) is 18.3 Å². The minimum absolute atomic E-state index is 0.130. The van der Waals surface area contributed by atoms with E-state index in [-0.39, 0.29) is 11.8 Å². The molecule has 98 valence electrons. The van der Waals surface area contributed by atoms with Crippen LogP contribution in [0.3, 0.4) is 0 Å². The van der Waals surface area contributed by atoms with Crippen LogP contribution in [-0.4, -0.2) is 17.4 Å². The molecule has 1 fully saturated rings. The topological polar surface area (TPSA) is 54.0 Å². The first-order valence-corrected chi connectivity index (χ1v) is 6.66. The number of hydrogen-bond acceptors (Lipinski definition) is 3. The standard InChI is InChI=1S/C14H21N3O/c1-10(2)8-15-13-7-6-12(9-16-13)17-14(18)11-4-3-5-11/h6-7,9-11H,3-5,8H2,1-2H3,(H,15,16)(H,17,18). The van der Waals surface area contributed by atoms with Crippen molar-refractivity contribution in [1.29, 1.82) is 0 Å². The van der Waals surface area contributed by atoms with Crippen molar-refractivity contribution in [2.45, 2.75) is 33.1 Å². The van der Waals surface area contributed by atoms with E-state index in [1.807, 2.05) is 12.1 Å². The first kappa shape index (κ1) is 12.9. The first-order chi connectivity index (χ1) is 8.65. The molecule has 0 radical (unpaired) electrons. The highest BCUT2D eigenvalue weighted by Crippen LogP contribution is 2.27. The minimum atomic E-state index is 0.130. The number of pyridine rings is 1. The third-order valence-electron chi connectivity index (χ3n) is 3.20. The molecular weight excluding hydrogens is 226 g/mol. The lowest BCUT2D eigenvalue weighted by Gasteiger charge is -2.23. The van der Waals surface area contributed by atoms with Gasteiger partial charge in [-0.15, -0.1) is 0 Å². The Labute approximate surface area is 108 Å². The number of nitrogens with zero attached hydrogens (tertiary/aromatic N) is 1. The highest BCUT2D eigenvalue weighted by molar-refractivity contribution is 5.92. The summed E-state index contributed by atoms with van der Waals surface area (Å²) in [6.45, 7) is 5.21. The summed E-state index contributed by atoms with van der Waals surface area (Å²) >= 11 is 0. The van der Waals surface area contributed by atoms with Gasteiger partial charge in [-0.05, 0) is 30.9 Å². The fourth-order valence-corrected chi connectivity index (χ4v) is 1.80. The summed E-state index contributed by atoms with van der Waals surface area (Å²) in [5.74, 6) is 1.78. The number of hydrogen-bond donors (Lipinski definition) is 2. The van der Waals surface area contributed by atoms with Crippen LogP contribution in [0.5, 0.6) is 0 Å². The fraction of sp³-hybridized carbons (Fsp3) is 0.571. The molecule has 0 saturated heterocycles. The maximum absolute atomic E-state index is 11.7. The molecule has 1 saturated carbocycles. The molecule has 0 atom stereocenters. The summed E-state index contributed by atoms with van der Waals surface area (Å²) in [5, 5.41) is 6.15. The molecule has 1 aliphatic rings. The van der Waals surface area contributed by atoms with Gasteiger partial charge in [-0.2, -0.15) is 0 Å². The highest BCUT2D eigenvalue weighted by Gasteiger charge is 2.25. The van der Waals surface area contributed by atoms with Crippen molar-refractivity contribution < 1.29 is 4.79 Å². The molecule has 1 heterocycles. The van der Waals surface area contributed by atoms with E-state index in [0.29, 0.717) is 5.92 Å².